The largest absolute Gasteiger partial charge is 0.481 e. The molecule has 7 nitrogen and oxygen atoms in total. The Balaban J connectivity index is 1.51. The number of nitrogens with zero attached hydrogens (tertiary/aromatic N) is 3. The van der Waals surface area contributed by atoms with E-state index in [0.717, 1.165) is 17.8 Å². The molecule has 35 heavy (non-hydrogen) atoms. The minimum absolute atomic E-state index is 0.00966. The normalized spacial score (nSPS) is 11.3. The molecule has 1 atom stereocenters. The first-order valence-corrected chi connectivity index (χ1v) is 11.9. The Labute approximate surface area is 214 Å². The molecule has 1 N–H and O–H groups in total. The van der Waals surface area contributed by atoms with E-state index in [9.17, 15) is 9.59 Å². The molecule has 2 aromatic heterocycles. The summed E-state index contributed by atoms with van der Waals surface area (Å²) in [7, 11) is 1.57. The van der Waals surface area contributed by atoms with E-state index in [2.05, 4.69) is 27.1 Å². The van der Waals surface area contributed by atoms with Crippen LogP contribution in [0.15, 0.2) is 53.6 Å². The summed E-state index contributed by atoms with van der Waals surface area (Å²) >= 11 is 12.2. The Kier molecular flexibility index (Phi) is 9.71. The van der Waals surface area contributed by atoms with E-state index in [1.165, 1.54) is 16.8 Å². The zero-order chi connectivity index (χ0) is 25.2. The number of unbranched alkanes of at least 4 members (excludes halogenated alkanes) is 1. The van der Waals surface area contributed by atoms with Crippen molar-refractivity contribution in [2.45, 2.75) is 38.6 Å². The summed E-state index contributed by atoms with van der Waals surface area (Å²) in [6.45, 7) is 2.18. The number of halogens is 2. The number of carbonyl (C=O) groups is 1. The van der Waals surface area contributed by atoms with Crippen LogP contribution in [0.5, 0.6) is 5.88 Å². The lowest BCUT2D eigenvalue weighted by molar-refractivity contribution is 0.0952. The van der Waals surface area contributed by atoms with Gasteiger partial charge in [-0.15, -0.1) is 11.8 Å². The average molecular weight is 513 g/mol. The number of aryl methyl sites for hydroxylation is 1. The van der Waals surface area contributed by atoms with Crippen LogP contribution in [0, 0.1) is 11.8 Å². The van der Waals surface area contributed by atoms with Gasteiger partial charge in [-0.05, 0) is 37.1 Å². The van der Waals surface area contributed by atoms with Gasteiger partial charge in [-0.2, -0.15) is 4.98 Å². The summed E-state index contributed by atoms with van der Waals surface area (Å²) in [5.41, 5.74) is 0.447. The highest BCUT2D eigenvalue weighted by Gasteiger charge is 2.17. The molecule has 0 radical (unpaired) electrons. The summed E-state index contributed by atoms with van der Waals surface area (Å²) in [5.74, 6) is 6.89. The molecular formula is C26H26Cl2N4O3. The standard InChI is InChI=1S/C26H26Cl2N4O3/c1-18(19-9-11-20(27)12-10-19)32-17-21(28)16-22(26(32)34)25(33)30-14-7-5-3-4-6-8-23-29-15-13-24(31-23)35-2/h9-13,15-18H,4,6-8,14H2,1-2H3,(H,30,33). The molecule has 0 saturated carbocycles. The van der Waals surface area contributed by atoms with Crippen molar-refractivity contribution < 1.29 is 9.53 Å². The zero-order valence-corrected chi connectivity index (χ0v) is 21.1. The van der Waals surface area contributed by atoms with E-state index in [1.54, 1.807) is 31.5 Å². The molecule has 0 aliphatic rings. The molecular weight excluding hydrogens is 487 g/mol. The van der Waals surface area contributed by atoms with Crippen molar-refractivity contribution >= 4 is 29.1 Å². The van der Waals surface area contributed by atoms with Gasteiger partial charge >= 0.3 is 0 Å². The molecule has 0 aliphatic heterocycles. The smallest absolute Gasteiger partial charge is 0.264 e. The van der Waals surface area contributed by atoms with Crippen LogP contribution in [-0.2, 0) is 6.42 Å². The predicted octanol–water partition coefficient (Wildman–Crippen LogP) is 4.71. The van der Waals surface area contributed by atoms with E-state index < -0.39 is 11.5 Å². The van der Waals surface area contributed by atoms with Crippen molar-refractivity contribution in [3.8, 4) is 17.7 Å². The summed E-state index contributed by atoms with van der Waals surface area (Å²) in [6, 6.07) is 9.95. The molecule has 9 heteroatoms. The van der Waals surface area contributed by atoms with Gasteiger partial charge in [0.15, 0.2) is 0 Å². The Morgan fingerprint density at radius 2 is 1.89 bits per heavy atom. The summed E-state index contributed by atoms with van der Waals surface area (Å²) in [6.07, 6.45) is 5.89. The van der Waals surface area contributed by atoms with Gasteiger partial charge < -0.3 is 14.6 Å². The molecule has 3 rings (SSSR count). The van der Waals surface area contributed by atoms with Gasteiger partial charge in [0.1, 0.15) is 11.4 Å². The first-order chi connectivity index (χ1) is 16.9. The lowest BCUT2D eigenvalue weighted by atomic mass is 10.1. The number of hydrogen-bond donors (Lipinski definition) is 1. The molecule has 0 spiro atoms. The fourth-order valence-electron chi connectivity index (χ4n) is 3.38. The molecule has 1 unspecified atom stereocenters. The van der Waals surface area contributed by atoms with Gasteiger partial charge in [-0.1, -0.05) is 35.3 Å². The number of aromatic nitrogens is 3. The van der Waals surface area contributed by atoms with Crippen molar-refractivity contribution in [1.29, 1.82) is 0 Å². The van der Waals surface area contributed by atoms with Gasteiger partial charge in [-0.25, -0.2) is 4.98 Å². The number of ether oxygens (including phenoxy) is 1. The van der Waals surface area contributed by atoms with Crippen LogP contribution in [0.1, 0.15) is 54.0 Å². The van der Waals surface area contributed by atoms with Crippen molar-refractivity contribution in [1.82, 2.24) is 19.9 Å². The summed E-state index contributed by atoms with van der Waals surface area (Å²) in [5, 5.41) is 3.65. The number of benzene rings is 1. The highest BCUT2D eigenvalue weighted by Crippen LogP contribution is 2.20. The third kappa shape index (κ3) is 7.57. The van der Waals surface area contributed by atoms with Crippen LogP contribution in [0.2, 0.25) is 10.0 Å². The van der Waals surface area contributed by atoms with Crippen LogP contribution in [0.25, 0.3) is 0 Å². The van der Waals surface area contributed by atoms with Crippen molar-refractivity contribution in [3.05, 3.63) is 86.1 Å². The SMILES string of the molecule is COc1ccnc(CCCC#CCCNC(=O)c2cc(Cl)cn(C(C)c3ccc(Cl)cc3)c2=O)n1. The lowest BCUT2D eigenvalue weighted by Gasteiger charge is -2.17. The highest BCUT2D eigenvalue weighted by molar-refractivity contribution is 6.31. The van der Waals surface area contributed by atoms with E-state index in [1.807, 2.05) is 19.1 Å². The van der Waals surface area contributed by atoms with Gasteiger partial charge in [-0.3, -0.25) is 9.59 Å². The maximum atomic E-state index is 13.0. The second-order valence-electron chi connectivity index (χ2n) is 7.74. The Morgan fingerprint density at radius 1 is 1.14 bits per heavy atom. The van der Waals surface area contributed by atoms with Gasteiger partial charge in [0.25, 0.3) is 11.5 Å². The Bertz CT molecular complexity index is 1280. The fourth-order valence-corrected chi connectivity index (χ4v) is 3.72. The molecule has 0 saturated heterocycles. The predicted molar refractivity (Wildman–Crippen MR) is 137 cm³/mol. The topological polar surface area (TPSA) is 86.1 Å². The number of nitrogens with one attached hydrogen (secondary N) is 1. The van der Waals surface area contributed by atoms with Crippen molar-refractivity contribution in [2.75, 3.05) is 13.7 Å². The fraction of sp³-hybridized carbons (Fsp3) is 0.308. The molecule has 3 aromatic rings. The highest BCUT2D eigenvalue weighted by atomic mass is 35.5. The monoisotopic (exact) mass is 512 g/mol. The van der Waals surface area contributed by atoms with Crippen molar-refractivity contribution in [2.24, 2.45) is 0 Å². The molecule has 1 aromatic carbocycles. The van der Waals surface area contributed by atoms with E-state index in [4.69, 9.17) is 27.9 Å². The molecule has 0 aliphatic carbocycles. The second kappa shape index (κ2) is 12.9. The first-order valence-electron chi connectivity index (χ1n) is 11.2. The third-order valence-electron chi connectivity index (χ3n) is 5.28. The minimum Gasteiger partial charge on any atom is -0.481 e. The van der Waals surface area contributed by atoms with E-state index in [0.29, 0.717) is 41.7 Å². The molecule has 0 fully saturated rings. The minimum atomic E-state index is -0.480. The number of rotatable bonds is 9. The molecule has 0 bridgehead atoms. The van der Waals surface area contributed by atoms with Crippen LogP contribution in [-0.4, -0.2) is 34.1 Å². The van der Waals surface area contributed by atoms with Gasteiger partial charge in [0.05, 0.1) is 18.2 Å². The van der Waals surface area contributed by atoms with E-state index >= 15 is 0 Å². The second-order valence-corrected chi connectivity index (χ2v) is 8.61. The van der Waals surface area contributed by atoms with Crippen molar-refractivity contribution in [3.63, 3.8) is 0 Å². The number of carbonyl (C=O) groups excluding carboxylic acids is 1. The lowest BCUT2D eigenvalue weighted by Crippen LogP contribution is -2.34. The van der Waals surface area contributed by atoms with Crippen LogP contribution >= 0.6 is 23.2 Å². The Hall–Kier alpha value is -3.34. The number of methoxy groups -OCH3 is 1. The first kappa shape index (κ1) is 26.3. The zero-order valence-electron chi connectivity index (χ0n) is 19.6. The number of amides is 1. The average Bonchev–Trinajstić information content (AvgIpc) is 2.86. The van der Waals surface area contributed by atoms with Gasteiger partial charge in [0, 0.05) is 49.3 Å². The van der Waals surface area contributed by atoms with Crippen LogP contribution in [0.4, 0.5) is 0 Å². The van der Waals surface area contributed by atoms with Crippen LogP contribution < -0.4 is 15.6 Å². The summed E-state index contributed by atoms with van der Waals surface area (Å²) < 4.78 is 6.54. The maximum absolute atomic E-state index is 13.0. The third-order valence-corrected chi connectivity index (χ3v) is 5.73. The number of hydrogen-bond acceptors (Lipinski definition) is 5. The van der Waals surface area contributed by atoms with Gasteiger partial charge in [0.2, 0.25) is 5.88 Å². The number of pyridine rings is 1. The molecule has 2 heterocycles. The summed E-state index contributed by atoms with van der Waals surface area (Å²) in [4.78, 5) is 34.1. The molecule has 1 amide bonds. The quantitative estimate of drug-likeness (QED) is 0.331. The maximum Gasteiger partial charge on any atom is 0.264 e. The van der Waals surface area contributed by atoms with E-state index in [-0.39, 0.29) is 11.6 Å². The molecule has 182 valence electrons. The van der Waals surface area contributed by atoms with Crippen LogP contribution in [0.3, 0.4) is 0 Å². The Morgan fingerprint density at radius 3 is 2.63 bits per heavy atom.